The van der Waals surface area contributed by atoms with Gasteiger partial charge in [0, 0.05) is 38.0 Å². The number of pyridine rings is 1. The Hall–Kier alpha value is -2.76. The molecule has 1 saturated carbocycles. The molecule has 0 radical (unpaired) electrons. The van der Waals surface area contributed by atoms with Crippen LogP contribution in [0.1, 0.15) is 29.5 Å². The van der Waals surface area contributed by atoms with Gasteiger partial charge in [0.1, 0.15) is 5.75 Å². The Morgan fingerprint density at radius 3 is 2.67 bits per heavy atom. The summed E-state index contributed by atoms with van der Waals surface area (Å²) in [5, 5.41) is 6.62. The first-order valence-electron chi connectivity index (χ1n) is 9.33. The van der Waals surface area contributed by atoms with Gasteiger partial charge in [0.15, 0.2) is 5.96 Å². The predicted octanol–water partition coefficient (Wildman–Crippen LogP) is 3.05. The lowest BCUT2D eigenvalue weighted by molar-refractivity contribution is 0.288. The predicted molar refractivity (Wildman–Crippen MR) is 107 cm³/mol. The molecule has 1 aliphatic rings. The zero-order chi connectivity index (χ0) is 19.1. The normalized spacial score (nSPS) is 14.0. The second-order valence-electron chi connectivity index (χ2n) is 6.85. The lowest BCUT2D eigenvalue weighted by Gasteiger charge is -2.14. The summed E-state index contributed by atoms with van der Waals surface area (Å²) in [5.41, 5.74) is 3.34. The largest absolute Gasteiger partial charge is 0.496 e. The number of rotatable bonds is 8. The van der Waals surface area contributed by atoms with E-state index in [1.54, 1.807) is 14.2 Å². The molecule has 0 aliphatic heterocycles. The van der Waals surface area contributed by atoms with Gasteiger partial charge in [-0.2, -0.15) is 0 Å². The molecule has 1 aliphatic carbocycles. The molecule has 2 N–H and O–H groups in total. The summed E-state index contributed by atoms with van der Waals surface area (Å²) >= 11 is 0. The van der Waals surface area contributed by atoms with Gasteiger partial charge in [-0.3, -0.25) is 4.99 Å². The van der Waals surface area contributed by atoms with Gasteiger partial charge in [-0.05, 0) is 42.9 Å². The summed E-state index contributed by atoms with van der Waals surface area (Å²) in [4.78, 5) is 8.64. The van der Waals surface area contributed by atoms with Crippen LogP contribution in [0.3, 0.4) is 0 Å². The molecule has 6 nitrogen and oxygen atoms in total. The third-order valence-corrected chi connectivity index (χ3v) is 4.53. The van der Waals surface area contributed by atoms with Crippen molar-refractivity contribution < 1.29 is 9.47 Å². The average Bonchev–Trinajstić information content (AvgIpc) is 3.52. The van der Waals surface area contributed by atoms with Crippen molar-refractivity contribution in [2.45, 2.75) is 32.9 Å². The SMILES string of the molecule is CN=C(NCc1ccc(OCC2CC2)nc1)NCc1ccc(C)cc1OC. The number of guanidine groups is 1. The maximum atomic E-state index is 5.67. The van der Waals surface area contributed by atoms with Gasteiger partial charge in [-0.25, -0.2) is 4.98 Å². The van der Waals surface area contributed by atoms with Crippen LogP contribution in [0.25, 0.3) is 0 Å². The van der Waals surface area contributed by atoms with Gasteiger partial charge in [-0.15, -0.1) is 0 Å². The highest BCUT2D eigenvalue weighted by molar-refractivity contribution is 5.79. The van der Waals surface area contributed by atoms with Crippen LogP contribution in [0.2, 0.25) is 0 Å². The number of methoxy groups -OCH3 is 1. The minimum atomic E-state index is 0.634. The van der Waals surface area contributed by atoms with E-state index in [4.69, 9.17) is 9.47 Å². The van der Waals surface area contributed by atoms with Crippen LogP contribution in [-0.2, 0) is 13.1 Å². The molecule has 1 aromatic heterocycles. The van der Waals surface area contributed by atoms with E-state index >= 15 is 0 Å². The molecule has 0 unspecified atom stereocenters. The first kappa shape index (κ1) is 19.0. The van der Waals surface area contributed by atoms with Crippen LogP contribution < -0.4 is 20.1 Å². The van der Waals surface area contributed by atoms with Gasteiger partial charge in [0.2, 0.25) is 5.88 Å². The highest BCUT2D eigenvalue weighted by atomic mass is 16.5. The van der Waals surface area contributed by atoms with Crippen LogP contribution in [0.4, 0.5) is 0 Å². The number of benzene rings is 1. The molecule has 27 heavy (non-hydrogen) atoms. The Morgan fingerprint density at radius 2 is 2.00 bits per heavy atom. The Labute approximate surface area is 161 Å². The number of hydrogen-bond donors (Lipinski definition) is 2. The monoisotopic (exact) mass is 368 g/mol. The van der Waals surface area contributed by atoms with E-state index in [0.717, 1.165) is 35.4 Å². The van der Waals surface area contributed by atoms with Gasteiger partial charge in [-0.1, -0.05) is 18.2 Å². The van der Waals surface area contributed by atoms with E-state index in [1.165, 1.54) is 18.4 Å². The first-order chi connectivity index (χ1) is 13.2. The summed E-state index contributed by atoms with van der Waals surface area (Å²) in [6.45, 7) is 4.11. The summed E-state index contributed by atoms with van der Waals surface area (Å²) < 4.78 is 11.1. The molecule has 3 rings (SSSR count). The van der Waals surface area contributed by atoms with Gasteiger partial charge in [0.05, 0.1) is 13.7 Å². The van der Waals surface area contributed by atoms with Crippen molar-refractivity contribution in [2.24, 2.45) is 10.9 Å². The van der Waals surface area contributed by atoms with Crippen LogP contribution >= 0.6 is 0 Å². The van der Waals surface area contributed by atoms with E-state index in [1.807, 2.05) is 24.4 Å². The highest BCUT2D eigenvalue weighted by Crippen LogP contribution is 2.29. The Balaban J connectivity index is 1.47. The smallest absolute Gasteiger partial charge is 0.213 e. The summed E-state index contributed by atoms with van der Waals surface area (Å²) in [5.74, 6) is 3.03. The van der Waals surface area contributed by atoms with Crippen molar-refractivity contribution in [1.29, 1.82) is 0 Å². The van der Waals surface area contributed by atoms with Crippen molar-refractivity contribution >= 4 is 5.96 Å². The molecule has 0 bridgehead atoms. The maximum Gasteiger partial charge on any atom is 0.213 e. The minimum Gasteiger partial charge on any atom is -0.496 e. The highest BCUT2D eigenvalue weighted by Gasteiger charge is 2.22. The molecule has 1 fully saturated rings. The fourth-order valence-corrected chi connectivity index (χ4v) is 2.67. The van der Waals surface area contributed by atoms with Crippen molar-refractivity contribution in [3.63, 3.8) is 0 Å². The number of ether oxygens (including phenoxy) is 2. The van der Waals surface area contributed by atoms with Crippen molar-refractivity contribution in [2.75, 3.05) is 20.8 Å². The topological polar surface area (TPSA) is 67.8 Å². The number of nitrogens with zero attached hydrogens (tertiary/aromatic N) is 2. The molecule has 1 heterocycles. The number of aromatic nitrogens is 1. The summed E-state index contributed by atoms with van der Waals surface area (Å²) in [6.07, 6.45) is 4.40. The number of hydrogen-bond acceptors (Lipinski definition) is 4. The lowest BCUT2D eigenvalue weighted by atomic mass is 10.1. The second kappa shape index (κ2) is 9.26. The zero-order valence-corrected chi connectivity index (χ0v) is 16.3. The third kappa shape index (κ3) is 5.88. The van der Waals surface area contributed by atoms with Crippen molar-refractivity contribution in [3.05, 3.63) is 53.2 Å². The Bertz CT molecular complexity index is 770. The minimum absolute atomic E-state index is 0.634. The molecular weight excluding hydrogens is 340 g/mol. The first-order valence-corrected chi connectivity index (χ1v) is 9.33. The summed E-state index contributed by atoms with van der Waals surface area (Å²) in [7, 11) is 3.45. The number of nitrogens with one attached hydrogen (secondary N) is 2. The van der Waals surface area contributed by atoms with Crippen LogP contribution in [0.15, 0.2) is 41.5 Å². The van der Waals surface area contributed by atoms with Crippen LogP contribution in [-0.4, -0.2) is 31.7 Å². The molecule has 144 valence electrons. The molecule has 0 saturated heterocycles. The van der Waals surface area contributed by atoms with Crippen molar-refractivity contribution in [1.82, 2.24) is 15.6 Å². The van der Waals surface area contributed by atoms with E-state index < -0.39 is 0 Å². The van der Waals surface area contributed by atoms with E-state index in [9.17, 15) is 0 Å². The fourth-order valence-electron chi connectivity index (χ4n) is 2.67. The van der Waals surface area contributed by atoms with Crippen LogP contribution in [0.5, 0.6) is 11.6 Å². The van der Waals surface area contributed by atoms with Crippen molar-refractivity contribution in [3.8, 4) is 11.6 Å². The molecule has 2 aromatic rings. The number of aliphatic imine (C=N–C) groups is 1. The molecule has 0 atom stereocenters. The molecular formula is C21H28N4O2. The fraction of sp³-hybridized carbons (Fsp3) is 0.429. The molecule has 1 aromatic carbocycles. The second-order valence-corrected chi connectivity index (χ2v) is 6.85. The maximum absolute atomic E-state index is 5.67. The Kier molecular flexibility index (Phi) is 6.52. The van der Waals surface area contributed by atoms with Gasteiger partial charge >= 0.3 is 0 Å². The Morgan fingerprint density at radius 1 is 1.19 bits per heavy atom. The number of aryl methyl sites for hydroxylation is 1. The lowest BCUT2D eigenvalue weighted by Crippen LogP contribution is -2.36. The zero-order valence-electron chi connectivity index (χ0n) is 16.3. The molecule has 0 amide bonds. The van der Waals surface area contributed by atoms with E-state index in [2.05, 4.69) is 39.7 Å². The third-order valence-electron chi connectivity index (χ3n) is 4.53. The quantitative estimate of drug-likeness (QED) is 0.554. The molecule has 0 spiro atoms. The average molecular weight is 368 g/mol. The standard InChI is InChI=1S/C21H28N4O2/c1-15-4-8-18(19(10-15)26-3)13-25-21(22-2)24-12-17-7-9-20(23-11-17)27-14-16-5-6-16/h4,7-11,16H,5-6,12-14H2,1-3H3,(H2,22,24,25). The van der Waals surface area contributed by atoms with E-state index in [-0.39, 0.29) is 0 Å². The van der Waals surface area contributed by atoms with Gasteiger partial charge in [0.25, 0.3) is 0 Å². The summed E-state index contributed by atoms with van der Waals surface area (Å²) in [6, 6.07) is 10.1. The van der Waals surface area contributed by atoms with E-state index in [0.29, 0.717) is 19.0 Å². The van der Waals surface area contributed by atoms with Crippen LogP contribution in [0, 0.1) is 12.8 Å². The molecule has 6 heteroatoms. The van der Waals surface area contributed by atoms with Gasteiger partial charge < -0.3 is 20.1 Å².